The van der Waals surface area contributed by atoms with Gasteiger partial charge in [0.1, 0.15) is 0 Å². The molecule has 1 saturated carbocycles. The topological polar surface area (TPSA) is 20.2 Å². The van der Waals surface area contributed by atoms with Gasteiger partial charge in [-0.1, -0.05) is 6.42 Å². The molecule has 114 valence electrons. The minimum Gasteiger partial charge on any atom is -0.393 e. The van der Waals surface area contributed by atoms with Gasteiger partial charge < -0.3 is 5.11 Å². The van der Waals surface area contributed by atoms with Crippen LogP contribution in [0.5, 0.6) is 0 Å². The van der Waals surface area contributed by atoms with Crippen molar-refractivity contribution in [3.8, 4) is 0 Å². The van der Waals surface area contributed by atoms with Gasteiger partial charge in [0.25, 0.3) is 0 Å². The van der Waals surface area contributed by atoms with Crippen LogP contribution in [0.1, 0.15) is 44.9 Å². The lowest BCUT2D eigenvalue weighted by molar-refractivity contribution is -0.189. The Labute approximate surface area is 108 Å². The van der Waals surface area contributed by atoms with E-state index in [1.54, 1.807) is 0 Å². The summed E-state index contributed by atoms with van der Waals surface area (Å²) < 4.78 is 73.5. The van der Waals surface area contributed by atoms with E-state index in [1.165, 1.54) is 0 Å². The van der Waals surface area contributed by atoms with Gasteiger partial charge in [-0.25, -0.2) is 0 Å². The first-order chi connectivity index (χ1) is 8.59. The van der Waals surface area contributed by atoms with Crippen LogP contribution in [0, 0.1) is 11.8 Å². The third-order valence-corrected chi connectivity index (χ3v) is 3.68. The molecule has 1 aliphatic rings. The van der Waals surface area contributed by atoms with Gasteiger partial charge in [0.2, 0.25) is 0 Å². The fourth-order valence-electron chi connectivity index (χ4n) is 2.62. The van der Waals surface area contributed by atoms with Gasteiger partial charge in [-0.3, -0.25) is 0 Å². The molecule has 0 radical (unpaired) electrons. The third-order valence-electron chi connectivity index (χ3n) is 3.68. The average molecular weight is 292 g/mol. The SMILES string of the molecule is OC(CCCC(F)(F)F)C1CCCC(C(F)(F)F)C1. The molecule has 1 aliphatic carbocycles. The number of aliphatic hydroxyl groups excluding tert-OH is 1. The fraction of sp³-hybridized carbons (Fsp3) is 1.00. The van der Waals surface area contributed by atoms with Crippen molar-refractivity contribution in [1.82, 2.24) is 0 Å². The lowest BCUT2D eigenvalue weighted by atomic mass is 9.77. The predicted octanol–water partition coefficient (Wildman–Crippen LogP) is 4.45. The van der Waals surface area contributed by atoms with Gasteiger partial charge in [0.15, 0.2) is 0 Å². The standard InChI is InChI=1S/C12H18F6O/c13-11(14,15)6-2-5-10(19)8-3-1-4-9(7-8)12(16,17)18/h8-10,19H,1-7H2. The molecular weight excluding hydrogens is 274 g/mol. The van der Waals surface area contributed by atoms with Crippen LogP contribution in [-0.2, 0) is 0 Å². The zero-order valence-electron chi connectivity index (χ0n) is 10.4. The molecule has 0 spiro atoms. The molecule has 3 atom stereocenters. The van der Waals surface area contributed by atoms with Crippen molar-refractivity contribution < 1.29 is 31.4 Å². The molecular formula is C12H18F6O. The van der Waals surface area contributed by atoms with Crippen LogP contribution in [0.2, 0.25) is 0 Å². The van der Waals surface area contributed by atoms with Crippen LogP contribution in [-0.4, -0.2) is 23.6 Å². The Hall–Kier alpha value is -0.460. The molecule has 0 bridgehead atoms. The lowest BCUT2D eigenvalue weighted by Crippen LogP contribution is -2.33. The Bertz CT molecular complexity index is 272. The van der Waals surface area contributed by atoms with E-state index in [-0.39, 0.29) is 25.7 Å². The van der Waals surface area contributed by atoms with Gasteiger partial charge in [-0.05, 0) is 38.0 Å². The van der Waals surface area contributed by atoms with E-state index in [0.717, 1.165) is 0 Å². The average Bonchev–Trinajstić information content (AvgIpc) is 2.26. The summed E-state index contributed by atoms with van der Waals surface area (Å²) in [6.45, 7) is 0. The molecule has 0 amide bonds. The number of halogens is 6. The van der Waals surface area contributed by atoms with Crippen LogP contribution in [0.4, 0.5) is 26.3 Å². The van der Waals surface area contributed by atoms with Gasteiger partial charge in [0, 0.05) is 6.42 Å². The van der Waals surface area contributed by atoms with Crippen molar-refractivity contribution in [2.24, 2.45) is 11.8 Å². The first-order valence-corrected chi connectivity index (χ1v) is 6.41. The van der Waals surface area contributed by atoms with Gasteiger partial charge in [-0.15, -0.1) is 0 Å². The van der Waals surface area contributed by atoms with Crippen molar-refractivity contribution in [1.29, 1.82) is 0 Å². The smallest absolute Gasteiger partial charge is 0.391 e. The summed E-state index contributed by atoms with van der Waals surface area (Å²) in [5, 5.41) is 9.72. The predicted molar refractivity (Wildman–Crippen MR) is 57.4 cm³/mol. The Balaban J connectivity index is 2.38. The van der Waals surface area contributed by atoms with Crippen LogP contribution in [0.3, 0.4) is 0 Å². The number of aliphatic hydroxyl groups is 1. The zero-order chi connectivity index (χ0) is 14.7. The number of alkyl halides is 6. The number of rotatable bonds is 4. The highest BCUT2D eigenvalue weighted by Crippen LogP contribution is 2.41. The Kier molecular flexibility index (Phi) is 5.53. The van der Waals surface area contributed by atoms with Crippen LogP contribution >= 0.6 is 0 Å². The molecule has 1 rings (SSSR count). The summed E-state index contributed by atoms with van der Waals surface area (Å²) in [6.07, 6.45) is -10.2. The van der Waals surface area contributed by atoms with E-state index >= 15 is 0 Å². The number of hydrogen-bond acceptors (Lipinski definition) is 1. The van der Waals surface area contributed by atoms with E-state index in [9.17, 15) is 31.4 Å². The van der Waals surface area contributed by atoms with E-state index < -0.39 is 36.7 Å². The molecule has 1 nitrogen and oxygen atoms in total. The van der Waals surface area contributed by atoms with Crippen LogP contribution in [0.15, 0.2) is 0 Å². The Morgan fingerprint density at radius 3 is 2.21 bits per heavy atom. The molecule has 1 fully saturated rings. The normalized spacial score (nSPS) is 27.3. The summed E-state index contributed by atoms with van der Waals surface area (Å²) in [5.41, 5.74) is 0. The van der Waals surface area contributed by atoms with Crippen molar-refractivity contribution in [3.63, 3.8) is 0 Å². The van der Waals surface area contributed by atoms with E-state index in [4.69, 9.17) is 0 Å². The Morgan fingerprint density at radius 2 is 1.68 bits per heavy atom. The molecule has 7 heteroatoms. The molecule has 0 aromatic heterocycles. The van der Waals surface area contributed by atoms with Crippen molar-refractivity contribution in [2.45, 2.75) is 63.4 Å². The van der Waals surface area contributed by atoms with E-state index in [1.807, 2.05) is 0 Å². The van der Waals surface area contributed by atoms with Gasteiger partial charge in [-0.2, -0.15) is 26.3 Å². The maximum absolute atomic E-state index is 12.6. The molecule has 1 N–H and O–H groups in total. The van der Waals surface area contributed by atoms with Crippen LogP contribution < -0.4 is 0 Å². The highest BCUT2D eigenvalue weighted by molar-refractivity contribution is 4.81. The Morgan fingerprint density at radius 1 is 1.05 bits per heavy atom. The van der Waals surface area contributed by atoms with E-state index in [2.05, 4.69) is 0 Å². The highest BCUT2D eigenvalue weighted by atomic mass is 19.4. The third kappa shape index (κ3) is 6.01. The molecule has 0 heterocycles. The highest BCUT2D eigenvalue weighted by Gasteiger charge is 2.43. The maximum Gasteiger partial charge on any atom is 0.391 e. The maximum atomic E-state index is 12.6. The summed E-state index contributed by atoms with van der Waals surface area (Å²) in [5.74, 6) is -1.96. The summed E-state index contributed by atoms with van der Waals surface area (Å²) in [4.78, 5) is 0. The molecule has 0 aliphatic heterocycles. The quantitative estimate of drug-likeness (QED) is 0.759. The second-order valence-corrected chi connectivity index (χ2v) is 5.24. The second kappa shape index (κ2) is 6.33. The molecule has 0 aromatic rings. The van der Waals surface area contributed by atoms with Gasteiger partial charge >= 0.3 is 12.4 Å². The minimum atomic E-state index is -4.28. The molecule has 3 unspecified atom stereocenters. The molecule has 19 heavy (non-hydrogen) atoms. The second-order valence-electron chi connectivity index (χ2n) is 5.24. The summed E-state index contributed by atoms with van der Waals surface area (Å²) in [7, 11) is 0. The van der Waals surface area contributed by atoms with Crippen molar-refractivity contribution >= 4 is 0 Å². The first-order valence-electron chi connectivity index (χ1n) is 6.41. The fourth-order valence-corrected chi connectivity index (χ4v) is 2.62. The largest absolute Gasteiger partial charge is 0.393 e. The summed E-state index contributed by atoms with van der Waals surface area (Å²) in [6, 6.07) is 0. The van der Waals surface area contributed by atoms with Crippen LogP contribution in [0.25, 0.3) is 0 Å². The molecule has 0 saturated heterocycles. The minimum absolute atomic E-state index is 0.0509. The van der Waals surface area contributed by atoms with Gasteiger partial charge in [0.05, 0.1) is 12.0 Å². The van der Waals surface area contributed by atoms with Crippen molar-refractivity contribution in [3.05, 3.63) is 0 Å². The lowest BCUT2D eigenvalue weighted by Gasteiger charge is -2.33. The first kappa shape index (κ1) is 16.6. The molecule has 0 aromatic carbocycles. The summed E-state index contributed by atoms with van der Waals surface area (Å²) >= 11 is 0. The number of hydrogen-bond donors (Lipinski definition) is 1. The van der Waals surface area contributed by atoms with E-state index in [0.29, 0.717) is 12.8 Å². The monoisotopic (exact) mass is 292 g/mol. The van der Waals surface area contributed by atoms with Crippen molar-refractivity contribution in [2.75, 3.05) is 0 Å². The zero-order valence-corrected chi connectivity index (χ0v) is 10.4.